The molecule has 21 heavy (non-hydrogen) atoms. The van der Waals surface area contributed by atoms with E-state index in [0.717, 1.165) is 45.7 Å². The molecule has 0 atom stereocenters. The Morgan fingerprint density at radius 1 is 1.14 bits per heavy atom. The number of hydrogen-bond acceptors (Lipinski definition) is 4. The van der Waals surface area contributed by atoms with Gasteiger partial charge in [-0.2, -0.15) is 0 Å². The first-order valence-electron chi connectivity index (χ1n) is 7.02. The minimum atomic E-state index is 0.697. The fourth-order valence-corrected chi connectivity index (χ4v) is 3.31. The number of aryl methyl sites for hydroxylation is 2. The molecule has 0 bridgehead atoms. The molecule has 0 aliphatic rings. The summed E-state index contributed by atoms with van der Waals surface area (Å²) in [6.45, 7) is 4.79. The van der Waals surface area contributed by atoms with E-state index in [9.17, 15) is 0 Å². The summed E-state index contributed by atoms with van der Waals surface area (Å²) < 4.78 is 0. The topological polar surface area (TPSA) is 51.8 Å². The Bertz CT molecular complexity index is 593. The number of thioether (sulfide) groups is 1. The lowest BCUT2D eigenvalue weighted by Gasteiger charge is -2.10. The van der Waals surface area contributed by atoms with Crippen molar-refractivity contribution in [1.82, 2.24) is 9.97 Å². The molecule has 0 radical (unpaired) electrons. The average molecular weight is 322 g/mol. The van der Waals surface area contributed by atoms with Gasteiger partial charge in [-0.05, 0) is 50.9 Å². The molecule has 0 saturated heterocycles. The number of halogens is 1. The molecule has 0 aliphatic heterocycles. The molecule has 112 valence electrons. The van der Waals surface area contributed by atoms with Crippen molar-refractivity contribution in [1.29, 1.82) is 0 Å². The van der Waals surface area contributed by atoms with Crippen LogP contribution in [-0.2, 0) is 12.2 Å². The van der Waals surface area contributed by atoms with Crippen molar-refractivity contribution in [2.75, 3.05) is 6.54 Å². The number of nitrogens with zero attached hydrogens (tertiary/aromatic N) is 2. The van der Waals surface area contributed by atoms with E-state index in [1.807, 2.05) is 38.1 Å². The maximum absolute atomic E-state index is 6.16. The lowest BCUT2D eigenvalue weighted by molar-refractivity contribution is 0.796. The van der Waals surface area contributed by atoms with Crippen molar-refractivity contribution < 1.29 is 0 Å². The fourth-order valence-electron chi connectivity index (χ4n) is 2.22. The molecular formula is C16H20ClN3S. The highest BCUT2D eigenvalue weighted by Crippen LogP contribution is 2.28. The summed E-state index contributed by atoms with van der Waals surface area (Å²) in [4.78, 5) is 10.3. The molecule has 2 rings (SSSR count). The Hall–Kier alpha value is -1.10. The van der Waals surface area contributed by atoms with E-state index in [-0.39, 0.29) is 0 Å². The molecule has 2 aromatic rings. The normalized spacial score (nSPS) is 10.9. The summed E-state index contributed by atoms with van der Waals surface area (Å²) in [5.41, 5.74) is 8.93. The van der Waals surface area contributed by atoms with Gasteiger partial charge in [0.05, 0.1) is 10.8 Å². The number of benzene rings is 1. The summed E-state index contributed by atoms with van der Waals surface area (Å²) in [5.74, 6) is 1.58. The molecule has 0 saturated carbocycles. The maximum Gasteiger partial charge on any atom is 0.139 e. The summed E-state index contributed by atoms with van der Waals surface area (Å²) in [5, 5.41) is 0.774. The molecule has 1 aromatic heterocycles. The number of nitrogens with two attached hydrogens (primary N) is 1. The Labute approximate surface area is 135 Å². The van der Waals surface area contributed by atoms with Gasteiger partial charge in [0, 0.05) is 16.3 Å². The molecular weight excluding hydrogens is 302 g/mol. The average Bonchev–Trinajstić information content (AvgIpc) is 2.46. The van der Waals surface area contributed by atoms with Crippen LogP contribution >= 0.6 is 23.4 Å². The fraction of sp³-hybridized carbons (Fsp3) is 0.375. The predicted molar refractivity (Wildman–Crippen MR) is 89.9 cm³/mol. The SMILES string of the molecule is Cc1nc(CSc2ccccc2Cl)nc(C)c1CCCN. The molecule has 3 nitrogen and oxygen atoms in total. The summed E-state index contributed by atoms with van der Waals surface area (Å²) >= 11 is 7.83. The van der Waals surface area contributed by atoms with Gasteiger partial charge >= 0.3 is 0 Å². The van der Waals surface area contributed by atoms with E-state index in [2.05, 4.69) is 9.97 Å². The molecule has 2 N–H and O–H groups in total. The highest BCUT2D eigenvalue weighted by Gasteiger charge is 2.09. The van der Waals surface area contributed by atoms with Gasteiger partial charge in [-0.15, -0.1) is 11.8 Å². The third-order valence-corrected chi connectivity index (χ3v) is 4.80. The first-order chi connectivity index (χ1) is 10.1. The van der Waals surface area contributed by atoms with Crippen LogP contribution in [0.1, 0.15) is 29.2 Å². The Morgan fingerprint density at radius 3 is 2.43 bits per heavy atom. The second kappa shape index (κ2) is 7.78. The summed E-state index contributed by atoms with van der Waals surface area (Å²) in [7, 11) is 0. The van der Waals surface area contributed by atoms with Crippen LogP contribution in [0.4, 0.5) is 0 Å². The van der Waals surface area contributed by atoms with E-state index in [1.165, 1.54) is 5.56 Å². The van der Waals surface area contributed by atoms with Crippen LogP contribution in [0.25, 0.3) is 0 Å². The van der Waals surface area contributed by atoms with Crippen LogP contribution in [0.3, 0.4) is 0 Å². The van der Waals surface area contributed by atoms with Crippen LogP contribution in [0.15, 0.2) is 29.2 Å². The van der Waals surface area contributed by atoms with E-state index >= 15 is 0 Å². The molecule has 1 heterocycles. The van der Waals surface area contributed by atoms with Gasteiger partial charge in [0.25, 0.3) is 0 Å². The zero-order valence-corrected chi connectivity index (χ0v) is 14.0. The summed E-state index contributed by atoms with van der Waals surface area (Å²) in [6, 6.07) is 7.84. The van der Waals surface area contributed by atoms with E-state index < -0.39 is 0 Å². The third-order valence-electron chi connectivity index (χ3n) is 3.29. The van der Waals surface area contributed by atoms with Crippen LogP contribution in [-0.4, -0.2) is 16.5 Å². The van der Waals surface area contributed by atoms with E-state index in [1.54, 1.807) is 11.8 Å². The number of aromatic nitrogens is 2. The first-order valence-corrected chi connectivity index (χ1v) is 8.38. The zero-order chi connectivity index (χ0) is 15.2. The van der Waals surface area contributed by atoms with Gasteiger partial charge < -0.3 is 5.73 Å². The van der Waals surface area contributed by atoms with E-state index in [0.29, 0.717) is 6.54 Å². The number of rotatable bonds is 6. The largest absolute Gasteiger partial charge is 0.330 e. The van der Waals surface area contributed by atoms with Gasteiger partial charge in [-0.1, -0.05) is 23.7 Å². The minimum absolute atomic E-state index is 0.697. The van der Waals surface area contributed by atoms with Crippen molar-refractivity contribution in [3.05, 3.63) is 52.1 Å². The highest BCUT2D eigenvalue weighted by atomic mass is 35.5. The predicted octanol–water partition coefficient (Wildman–Crippen LogP) is 3.93. The molecule has 1 aromatic carbocycles. The Morgan fingerprint density at radius 2 is 1.81 bits per heavy atom. The molecule has 0 amide bonds. The van der Waals surface area contributed by atoms with Crippen LogP contribution in [0, 0.1) is 13.8 Å². The highest BCUT2D eigenvalue weighted by molar-refractivity contribution is 7.98. The second-order valence-electron chi connectivity index (χ2n) is 4.90. The molecule has 0 aliphatic carbocycles. The molecule has 0 unspecified atom stereocenters. The van der Waals surface area contributed by atoms with Crippen molar-refractivity contribution in [3.8, 4) is 0 Å². The third kappa shape index (κ3) is 4.43. The van der Waals surface area contributed by atoms with Gasteiger partial charge in [-0.25, -0.2) is 9.97 Å². The van der Waals surface area contributed by atoms with Crippen molar-refractivity contribution in [3.63, 3.8) is 0 Å². The van der Waals surface area contributed by atoms with Crippen molar-refractivity contribution in [2.24, 2.45) is 5.73 Å². The van der Waals surface area contributed by atoms with Crippen LogP contribution in [0.2, 0.25) is 5.02 Å². The van der Waals surface area contributed by atoms with Crippen LogP contribution < -0.4 is 5.73 Å². The number of hydrogen-bond donors (Lipinski definition) is 1. The van der Waals surface area contributed by atoms with Gasteiger partial charge in [0.2, 0.25) is 0 Å². The van der Waals surface area contributed by atoms with Crippen molar-refractivity contribution in [2.45, 2.75) is 37.3 Å². The van der Waals surface area contributed by atoms with Crippen molar-refractivity contribution >= 4 is 23.4 Å². The zero-order valence-electron chi connectivity index (χ0n) is 12.4. The lowest BCUT2D eigenvalue weighted by Crippen LogP contribution is -2.07. The minimum Gasteiger partial charge on any atom is -0.330 e. The molecule has 0 spiro atoms. The van der Waals surface area contributed by atoms with Crippen LogP contribution in [0.5, 0.6) is 0 Å². The molecule has 5 heteroatoms. The Balaban J connectivity index is 2.09. The maximum atomic E-state index is 6.16. The second-order valence-corrected chi connectivity index (χ2v) is 6.32. The monoisotopic (exact) mass is 321 g/mol. The molecule has 0 fully saturated rings. The van der Waals surface area contributed by atoms with E-state index in [4.69, 9.17) is 17.3 Å². The standard InChI is InChI=1S/C16H20ClN3S/c1-11-13(6-5-9-18)12(2)20-16(19-11)10-21-15-8-4-3-7-14(15)17/h3-4,7-8H,5-6,9-10,18H2,1-2H3. The summed E-state index contributed by atoms with van der Waals surface area (Å²) in [6.07, 6.45) is 1.92. The smallest absolute Gasteiger partial charge is 0.139 e. The van der Waals surface area contributed by atoms with Gasteiger partial charge in [-0.3, -0.25) is 0 Å². The lowest BCUT2D eigenvalue weighted by atomic mass is 10.1. The quantitative estimate of drug-likeness (QED) is 0.819. The van der Waals surface area contributed by atoms with Gasteiger partial charge in [0.1, 0.15) is 5.82 Å². The Kier molecular flexibility index (Phi) is 6.03. The van der Waals surface area contributed by atoms with Gasteiger partial charge in [0.15, 0.2) is 0 Å². The first kappa shape index (κ1) is 16.3.